The average Bonchev–Trinajstić information content (AvgIpc) is 3.03. The Balaban J connectivity index is 2.28. The van der Waals surface area contributed by atoms with Crippen molar-refractivity contribution in [1.29, 1.82) is 0 Å². The second-order valence-electron chi connectivity index (χ2n) is 7.76. The third-order valence-electron chi connectivity index (χ3n) is 5.71. The smallest absolute Gasteiger partial charge is 0.327 e. The highest BCUT2D eigenvalue weighted by atomic mass is 127. The predicted octanol–water partition coefficient (Wildman–Crippen LogP) is 4.50. The molecule has 3 rings (SSSR count). The van der Waals surface area contributed by atoms with E-state index in [2.05, 4.69) is 22.6 Å². The average molecular weight is 527 g/mol. The minimum atomic E-state index is -3.97. The van der Waals surface area contributed by atoms with Crippen LogP contribution in [0.25, 0.3) is 0 Å². The van der Waals surface area contributed by atoms with Crippen LogP contribution in [0.4, 0.5) is 0 Å². The molecule has 0 amide bonds. The summed E-state index contributed by atoms with van der Waals surface area (Å²) in [6.07, 6.45) is 0.391. The molecule has 2 aromatic carbocycles. The van der Waals surface area contributed by atoms with Gasteiger partial charge in [0.2, 0.25) is 10.0 Å². The van der Waals surface area contributed by atoms with Crippen molar-refractivity contribution in [2.45, 2.75) is 47.6 Å². The molecule has 1 fully saturated rings. The van der Waals surface area contributed by atoms with Crippen LogP contribution < -0.4 is 0 Å². The van der Waals surface area contributed by atoms with Crippen LogP contribution in [0.1, 0.15) is 37.4 Å². The SMILES string of the molecule is COC(=O)[C@@]1(C(C)C)C[C@@H](I)[C@H](c2ccccc2)N1S(=O)(=O)c1ccc(C)cc1. The number of benzene rings is 2. The molecule has 0 aromatic heterocycles. The first kappa shape index (κ1) is 22.2. The molecule has 1 aliphatic rings. The Kier molecular flexibility index (Phi) is 6.41. The highest BCUT2D eigenvalue weighted by Crippen LogP contribution is 2.53. The predicted molar refractivity (Wildman–Crippen MR) is 121 cm³/mol. The standard InChI is InChI=1S/C22H26INO4S/c1-15(2)22(21(25)28-4)14-19(23)20(17-8-6-5-7-9-17)24(22)29(26,27)18-12-10-16(3)11-13-18/h5-13,15,19-20H,14H2,1-4H3/t19-,20+,22+/m1/s1. The Morgan fingerprint density at radius 2 is 1.72 bits per heavy atom. The van der Waals surface area contributed by atoms with Gasteiger partial charge in [-0.1, -0.05) is 84.5 Å². The van der Waals surface area contributed by atoms with Gasteiger partial charge in [0.15, 0.2) is 0 Å². The number of carbonyl (C=O) groups excluding carboxylic acids is 1. The molecule has 0 radical (unpaired) electrons. The zero-order valence-corrected chi connectivity index (χ0v) is 20.0. The van der Waals surface area contributed by atoms with E-state index in [-0.39, 0.29) is 14.7 Å². The maximum Gasteiger partial charge on any atom is 0.327 e. The lowest BCUT2D eigenvalue weighted by molar-refractivity contribution is -0.154. The molecule has 1 saturated heterocycles. The molecule has 156 valence electrons. The number of aryl methyl sites for hydroxylation is 1. The third kappa shape index (κ3) is 3.72. The fourth-order valence-corrected chi connectivity index (χ4v) is 7.84. The van der Waals surface area contributed by atoms with Gasteiger partial charge in [-0.2, -0.15) is 4.31 Å². The summed E-state index contributed by atoms with van der Waals surface area (Å²) in [4.78, 5) is 13.3. The summed E-state index contributed by atoms with van der Waals surface area (Å²) in [5, 5.41) is 0. The largest absolute Gasteiger partial charge is 0.468 e. The molecule has 0 spiro atoms. The topological polar surface area (TPSA) is 63.7 Å². The molecular weight excluding hydrogens is 501 g/mol. The summed E-state index contributed by atoms with van der Waals surface area (Å²) in [5.41, 5.74) is 0.569. The number of sulfonamides is 1. The van der Waals surface area contributed by atoms with Crippen molar-refractivity contribution >= 4 is 38.6 Å². The number of alkyl halides is 1. The van der Waals surface area contributed by atoms with Crippen LogP contribution in [0.15, 0.2) is 59.5 Å². The van der Waals surface area contributed by atoms with Crippen molar-refractivity contribution in [3.8, 4) is 0 Å². The third-order valence-corrected chi connectivity index (χ3v) is 8.77. The lowest BCUT2D eigenvalue weighted by Gasteiger charge is -2.40. The van der Waals surface area contributed by atoms with Crippen molar-refractivity contribution in [3.05, 3.63) is 65.7 Å². The van der Waals surface area contributed by atoms with Crippen LogP contribution in [-0.4, -0.2) is 35.3 Å². The van der Waals surface area contributed by atoms with E-state index in [1.54, 1.807) is 24.3 Å². The van der Waals surface area contributed by atoms with E-state index < -0.39 is 27.6 Å². The van der Waals surface area contributed by atoms with Gasteiger partial charge in [0.05, 0.1) is 18.0 Å². The van der Waals surface area contributed by atoms with Crippen LogP contribution in [0.3, 0.4) is 0 Å². The molecule has 0 saturated carbocycles. The van der Waals surface area contributed by atoms with Gasteiger partial charge >= 0.3 is 5.97 Å². The maximum atomic E-state index is 13.9. The number of halogens is 1. The fraction of sp³-hybridized carbons (Fsp3) is 0.409. The van der Waals surface area contributed by atoms with Crippen molar-refractivity contribution < 1.29 is 17.9 Å². The first-order valence-corrected chi connectivity index (χ1v) is 12.2. The van der Waals surface area contributed by atoms with Crippen LogP contribution in [0.2, 0.25) is 0 Å². The lowest BCUT2D eigenvalue weighted by atomic mass is 9.85. The fourth-order valence-electron chi connectivity index (χ4n) is 4.15. The molecule has 1 aliphatic heterocycles. The van der Waals surface area contributed by atoms with E-state index in [0.29, 0.717) is 6.42 Å². The number of rotatable bonds is 5. The van der Waals surface area contributed by atoms with Gasteiger partial charge in [-0.15, -0.1) is 0 Å². The van der Waals surface area contributed by atoms with Gasteiger partial charge in [-0.3, -0.25) is 4.79 Å². The van der Waals surface area contributed by atoms with E-state index >= 15 is 0 Å². The second-order valence-corrected chi connectivity index (χ2v) is 11.2. The van der Waals surface area contributed by atoms with Gasteiger partial charge < -0.3 is 4.74 Å². The monoisotopic (exact) mass is 527 g/mol. The molecule has 1 heterocycles. The molecule has 0 unspecified atom stereocenters. The van der Waals surface area contributed by atoms with Crippen molar-refractivity contribution in [1.82, 2.24) is 4.31 Å². The number of ether oxygens (including phenoxy) is 1. The molecule has 2 aromatic rings. The highest BCUT2D eigenvalue weighted by molar-refractivity contribution is 14.1. The molecule has 0 N–H and O–H groups in total. The number of carbonyl (C=O) groups is 1. The quantitative estimate of drug-likeness (QED) is 0.327. The maximum absolute atomic E-state index is 13.9. The number of nitrogens with zero attached hydrogens (tertiary/aromatic N) is 1. The van der Waals surface area contributed by atoms with E-state index in [1.807, 2.05) is 51.1 Å². The lowest BCUT2D eigenvalue weighted by Crippen LogP contribution is -2.57. The Labute approximate surface area is 186 Å². The van der Waals surface area contributed by atoms with Crippen LogP contribution >= 0.6 is 22.6 Å². The zero-order valence-electron chi connectivity index (χ0n) is 17.0. The minimum Gasteiger partial charge on any atom is -0.468 e. The van der Waals surface area contributed by atoms with Gasteiger partial charge in [-0.05, 0) is 37.0 Å². The van der Waals surface area contributed by atoms with Gasteiger partial charge in [0.1, 0.15) is 5.54 Å². The van der Waals surface area contributed by atoms with E-state index in [1.165, 1.54) is 11.4 Å². The number of esters is 1. The molecular formula is C22H26INO4S. The molecule has 29 heavy (non-hydrogen) atoms. The van der Waals surface area contributed by atoms with Crippen molar-refractivity contribution in [2.75, 3.05) is 7.11 Å². The van der Waals surface area contributed by atoms with E-state index in [9.17, 15) is 13.2 Å². The van der Waals surface area contributed by atoms with Crippen molar-refractivity contribution in [2.24, 2.45) is 5.92 Å². The summed E-state index contributed by atoms with van der Waals surface area (Å²) in [6, 6.07) is 15.8. The minimum absolute atomic E-state index is 0.0864. The van der Waals surface area contributed by atoms with Gasteiger partial charge in [-0.25, -0.2) is 8.42 Å². The first-order valence-electron chi connectivity index (χ1n) is 9.55. The summed E-state index contributed by atoms with van der Waals surface area (Å²) in [6.45, 7) is 5.67. The molecule has 5 nitrogen and oxygen atoms in total. The number of hydrogen-bond acceptors (Lipinski definition) is 4. The Morgan fingerprint density at radius 1 is 1.14 bits per heavy atom. The number of hydrogen-bond donors (Lipinski definition) is 0. The molecule has 3 atom stereocenters. The van der Waals surface area contributed by atoms with Crippen LogP contribution in [0, 0.1) is 12.8 Å². The summed E-state index contributed by atoms with van der Waals surface area (Å²) in [5.74, 6) is -0.774. The first-order chi connectivity index (χ1) is 13.7. The molecule has 7 heteroatoms. The highest BCUT2D eigenvalue weighted by Gasteiger charge is 2.63. The van der Waals surface area contributed by atoms with Gasteiger partial charge in [0.25, 0.3) is 0 Å². The van der Waals surface area contributed by atoms with Gasteiger partial charge in [0, 0.05) is 3.92 Å². The second kappa shape index (κ2) is 8.35. The summed E-state index contributed by atoms with van der Waals surface area (Å²) in [7, 11) is -2.65. The normalized spacial score (nSPS) is 25.3. The molecule has 0 bridgehead atoms. The Morgan fingerprint density at radius 3 is 2.24 bits per heavy atom. The zero-order chi connectivity index (χ0) is 21.4. The number of methoxy groups -OCH3 is 1. The summed E-state index contributed by atoms with van der Waals surface area (Å²) >= 11 is 2.27. The van der Waals surface area contributed by atoms with E-state index in [4.69, 9.17) is 4.74 Å². The Bertz CT molecular complexity index is 976. The molecule has 0 aliphatic carbocycles. The Hall–Kier alpha value is -1.45. The van der Waals surface area contributed by atoms with Crippen LogP contribution in [-0.2, 0) is 19.6 Å². The van der Waals surface area contributed by atoms with E-state index in [0.717, 1.165) is 11.1 Å². The summed E-state index contributed by atoms with van der Waals surface area (Å²) < 4.78 is 34.4. The van der Waals surface area contributed by atoms with Crippen molar-refractivity contribution in [3.63, 3.8) is 0 Å². The van der Waals surface area contributed by atoms with Crippen LogP contribution in [0.5, 0.6) is 0 Å².